The van der Waals surface area contributed by atoms with Gasteiger partial charge in [0.25, 0.3) is 0 Å². The molecule has 1 nitrogen and oxygen atoms in total. The quantitative estimate of drug-likeness (QED) is 0.0996. The van der Waals surface area contributed by atoms with Crippen molar-refractivity contribution in [3.63, 3.8) is 0 Å². The lowest BCUT2D eigenvalue weighted by atomic mass is 9.57. The molecule has 2 atom stereocenters. The predicted octanol–water partition coefficient (Wildman–Crippen LogP) is 11.7. The van der Waals surface area contributed by atoms with E-state index in [1.54, 1.807) is 0 Å². The number of hydrogen-bond donors (Lipinski definition) is 1. The molecule has 0 radical (unpaired) electrons. The van der Waals surface area contributed by atoms with Crippen LogP contribution >= 0.6 is 0 Å². The van der Waals surface area contributed by atoms with E-state index in [0.717, 1.165) is 32.1 Å². The van der Waals surface area contributed by atoms with Gasteiger partial charge in [0.1, 0.15) is 0 Å². The molecule has 0 aliphatic carbocycles. The monoisotopic (exact) mass is 491 g/mol. The van der Waals surface area contributed by atoms with Crippen LogP contribution < -0.4 is 0 Å². The molecule has 0 aromatic rings. The molecule has 1 heteroatoms. The van der Waals surface area contributed by atoms with Gasteiger partial charge < -0.3 is 5.11 Å². The van der Waals surface area contributed by atoms with E-state index in [0.29, 0.717) is 5.92 Å². The molecule has 0 saturated heterocycles. The van der Waals surface area contributed by atoms with Crippen LogP contribution in [0.25, 0.3) is 0 Å². The van der Waals surface area contributed by atoms with Crippen molar-refractivity contribution in [1.82, 2.24) is 0 Å². The van der Waals surface area contributed by atoms with Crippen molar-refractivity contribution in [2.45, 2.75) is 182 Å². The Balaban J connectivity index is 6.32. The Hall–Kier alpha value is -0.560. The second kappa shape index (κ2) is 21.5. The summed E-state index contributed by atoms with van der Waals surface area (Å²) in [7, 11) is 0. The van der Waals surface area contributed by atoms with E-state index in [4.69, 9.17) is 0 Å². The Morgan fingerprint density at radius 2 is 1.14 bits per heavy atom. The molecule has 0 aromatic carbocycles. The molecule has 0 fully saturated rings. The summed E-state index contributed by atoms with van der Waals surface area (Å²) in [6.45, 7) is 18.0. The summed E-state index contributed by atoms with van der Waals surface area (Å²) in [5.74, 6) is 0.356. The third kappa shape index (κ3) is 13.0. The highest BCUT2D eigenvalue weighted by Gasteiger charge is 2.50. The van der Waals surface area contributed by atoms with Crippen molar-refractivity contribution in [2.75, 3.05) is 0 Å². The zero-order chi connectivity index (χ0) is 26.4. The smallest absolute Gasteiger partial charge is 0.0732 e. The summed E-state index contributed by atoms with van der Waals surface area (Å²) < 4.78 is 0. The van der Waals surface area contributed by atoms with Crippen LogP contribution in [0.1, 0.15) is 176 Å². The molecule has 0 heterocycles. The Morgan fingerprint density at radius 1 is 0.686 bits per heavy atom. The first-order valence-corrected chi connectivity index (χ1v) is 15.9. The first-order chi connectivity index (χ1) is 16.9. The van der Waals surface area contributed by atoms with Gasteiger partial charge in [-0.15, -0.1) is 0 Å². The summed E-state index contributed by atoms with van der Waals surface area (Å²) >= 11 is 0. The average molecular weight is 491 g/mol. The Morgan fingerprint density at radius 3 is 1.63 bits per heavy atom. The first kappa shape index (κ1) is 34.4. The largest absolute Gasteiger partial charge is 0.389 e. The third-order valence-corrected chi connectivity index (χ3v) is 8.74. The van der Waals surface area contributed by atoms with Gasteiger partial charge in [-0.25, -0.2) is 0 Å². The van der Waals surface area contributed by atoms with E-state index in [2.05, 4.69) is 60.3 Å². The summed E-state index contributed by atoms with van der Waals surface area (Å²) in [6.07, 6.45) is 30.0. The number of hydrogen-bond acceptors (Lipinski definition) is 1. The molecule has 1 N–H and O–H groups in total. The second-order valence-corrected chi connectivity index (χ2v) is 11.6. The number of aliphatic hydroxyl groups is 1. The van der Waals surface area contributed by atoms with Gasteiger partial charge in [-0.05, 0) is 50.9 Å². The molecule has 0 aliphatic heterocycles. The normalized spacial score (nSPS) is 15.2. The SMILES string of the molecule is C=C/C(=C/CC(CCCCC)(CCCCC)C(O)(CCCCC)C(C)CCCCC)CCCCC. The molecule has 208 valence electrons. The van der Waals surface area contributed by atoms with Crippen LogP contribution in [0.3, 0.4) is 0 Å². The highest BCUT2D eigenvalue weighted by atomic mass is 16.3. The van der Waals surface area contributed by atoms with Crippen molar-refractivity contribution >= 4 is 0 Å². The maximum atomic E-state index is 12.9. The Labute approximate surface area is 222 Å². The second-order valence-electron chi connectivity index (χ2n) is 11.6. The van der Waals surface area contributed by atoms with E-state index in [1.165, 1.54) is 108 Å². The number of unbranched alkanes of at least 4 members (excludes halogenated alkanes) is 10. The molecule has 0 amide bonds. The molecule has 0 saturated carbocycles. The summed E-state index contributed by atoms with van der Waals surface area (Å²) in [4.78, 5) is 0. The zero-order valence-corrected chi connectivity index (χ0v) is 25.2. The molecule has 0 bridgehead atoms. The van der Waals surface area contributed by atoms with Gasteiger partial charge in [0.05, 0.1) is 5.60 Å². The fourth-order valence-corrected chi connectivity index (χ4v) is 6.18. The van der Waals surface area contributed by atoms with Gasteiger partial charge >= 0.3 is 0 Å². The summed E-state index contributed by atoms with van der Waals surface area (Å²) in [5.41, 5.74) is 0.808. The Bertz CT molecular complexity index is 509. The minimum Gasteiger partial charge on any atom is -0.389 e. The van der Waals surface area contributed by atoms with Gasteiger partial charge in [0.2, 0.25) is 0 Å². The lowest BCUT2D eigenvalue weighted by molar-refractivity contribution is -0.141. The van der Waals surface area contributed by atoms with Gasteiger partial charge in [-0.1, -0.05) is 156 Å². The van der Waals surface area contributed by atoms with Crippen molar-refractivity contribution in [2.24, 2.45) is 11.3 Å². The van der Waals surface area contributed by atoms with E-state index in [-0.39, 0.29) is 5.41 Å². The van der Waals surface area contributed by atoms with Crippen molar-refractivity contribution in [1.29, 1.82) is 0 Å². The lowest BCUT2D eigenvalue weighted by Gasteiger charge is -2.52. The van der Waals surface area contributed by atoms with Crippen LogP contribution in [0.15, 0.2) is 24.3 Å². The molecule has 0 spiro atoms. The average Bonchev–Trinajstić information content (AvgIpc) is 2.86. The van der Waals surface area contributed by atoms with Crippen LogP contribution in [0, 0.1) is 11.3 Å². The molecule has 35 heavy (non-hydrogen) atoms. The molecule has 0 rings (SSSR count). The van der Waals surface area contributed by atoms with Crippen LogP contribution in [0.2, 0.25) is 0 Å². The predicted molar refractivity (Wildman–Crippen MR) is 160 cm³/mol. The van der Waals surface area contributed by atoms with E-state index in [1.807, 2.05) is 0 Å². The zero-order valence-electron chi connectivity index (χ0n) is 25.2. The first-order valence-electron chi connectivity index (χ1n) is 15.9. The Kier molecular flexibility index (Phi) is 21.2. The number of allylic oxidation sites excluding steroid dienone is 3. The topological polar surface area (TPSA) is 20.2 Å². The molecule has 2 unspecified atom stereocenters. The van der Waals surface area contributed by atoms with Crippen LogP contribution in [-0.4, -0.2) is 10.7 Å². The fraction of sp³-hybridized carbons (Fsp3) is 0.882. The van der Waals surface area contributed by atoms with Crippen LogP contribution in [-0.2, 0) is 0 Å². The van der Waals surface area contributed by atoms with Gasteiger partial charge in [-0.3, -0.25) is 0 Å². The highest BCUT2D eigenvalue weighted by molar-refractivity contribution is 5.18. The number of rotatable bonds is 25. The summed E-state index contributed by atoms with van der Waals surface area (Å²) in [5, 5.41) is 12.9. The minimum absolute atomic E-state index is 0.0181. The molecule has 0 aromatic heterocycles. The third-order valence-electron chi connectivity index (χ3n) is 8.74. The maximum Gasteiger partial charge on any atom is 0.0732 e. The van der Waals surface area contributed by atoms with E-state index >= 15 is 0 Å². The van der Waals surface area contributed by atoms with Gasteiger partial charge in [0, 0.05) is 5.41 Å². The van der Waals surface area contributed by atoms with Crippen molar-refractivity contribution < 1.29 is 5.11 Å². The molecular weight excluding hydrogens is 424 g/mol. The van der Waals surface area contributed by atoms with Gasteiger partial charge in [0.15, 0.2) is 0 Å². The van der Waals surface area contributed by atoms with Crippen LogP contribution in [0.4, 0.5) is 0 Å². The van der Waals surface area contributed by atoms with Crippen molar-refractivity contribution in [3.05, 3.63) is 24.3 Å². The van der Waals surface area contributed by atoms with E-state index in [9.17, 15) is 5.11 Å². The standard InChI is InChI=1S/C34H66O/c1-8-14-19-24-31(7)34(35,29-23-18-12-5)33(27-21-16-10-3,28-22-17-11-4)30-26-32(13-6)25-20-15-9-2/h13,26,31,35H,6,8-12,14-25,27-30H2,1-5,7H3/b32-26-. The fourth-order valence-electron chi connectivity index (χ4n) is 6.18. The maximum absolute atomic E-state index is 12.9. The van der Waals surface area contributed by atoms with Crippen LogP contribution in [0.5, 0.6) is 0 Å². The van der Waals surface area contributed by atoms with E-state index < -0.39 is 5.60 Å². The molecule has 0 aliphatic rings. The van der Waals surface area contributed by atoms with Gasteiger partial charge in [-0.2, -0.15) is 0 Å². The highest BCUT2D eigenvalue weighted by Crippen LogP contribution is 2.52. The molecular formula is C34H66O. The lowest BCUT2D eigenvalue weighted by Crippen LogP contribution is -2.53. The summed E-state index contributed by atoms with van der Waals surface area (Å²) in [6, 6.07) is 0. The minimum atomic E-state index is -0.580. The van der Waals surface area contributed by atoms with Crippen molar-refractivity contribution in [3.8, 4) is 0 Å².